The minimum Gasteiger partial charge on any atom is -0.550 e. The van der Waals surface area contributed by atoms with Crippen LogP contribution in [-0.4, -0.2) is 342 Å². The SMILES string of the molecule is CN(CC(=O)O)CC(=O)O.CN(CC(=O)O)CC(=O)O.CN(CC(=O)[O-])CC(=O)O.CN(CC(=O)[O-])CC(=O)O.CN(CC(=O)[O-])CC(=O)O.CN(CC(=O)[O-])CC(=O)[O-].CN(CCC(=O)[O-])CCC(=O)O.CN(CCCC(=O)[O-])CCCC(=O)O.[K+].[K+].[Na+].[Na+].[Na+].[Na+].[Na+]. The Bertz CT molecular complexity index is 1730. The third kappa shape index (κ3) is 152. The number of likely N-dealkylation sites (N-methyl/N-ethyl adjacent to an activating group) is 6. The van der Waals surface area contributed by atoms with E-state index in [1.54, 1.807) is 11.9 Å². The zero-order valence-corrected chi connectivity index (χ0v) is 71.8. The molecule has 0 aliphatic rings. The maximum absolute atomic E-state index is 10.2. The monoisotopic (exact) mass is 1450 g/mol. The first-order chi connectivity index (χ1) is 39.2. The molecule has 40 nitrogen and oxygen atoms in total. The maximum Gasteiger partial charge on any atom is 1.00 e. The van der Waals surface area contributed by atoms with Crippen molar-refractivity contribution in [3.8, 4) is 0 Å². The largest absolute Gasteiger partial charge is 1.00 e. The Balaban J connectivity index is -0.0000000571. The summed E-state index contributed by atoms with van der Waals surface area (Å²) >= 11 is 0. The molecule has 0 amide bonds. The van der Waals surface area contributed by atoms with E-state index < -0.39 is 109 Å². The van der Waals surface area contributed by atoms with Gasteiger partial charge in [-0.1, -0.05) is 0 Å². The van der Waals surface area contributed by atoms with E-state index in [1.807, 2.05) is 11.9 Å². The van der Waals surface area contributed by atoms with Crippen LogP contribution in [0.3, 0.4) is 0 Å². The van der Waals surface area contributed by atoms with Crippen molar-refractivity contribution in [2.75, 3.05) is 161 Å². The molecule has 0 aliphatic carbocycles. The van der Waals surface area contributed by atoms with Gasteiger partial charge in [-0.25, -0.2) is 0 Å². The third-order valence-electron chi connectivity index (χ3n) is 8.09. The van der Waals surface area contributed by atoms with Crippen molar-refractivity contribution in [1.29, 1.82) is 0 Å². The number of hydrogen-bond donors (Lipinski definition) is 9. The van der Waals surface area contributed by atoms with Crippen LogP contribution in [0.15, 0.2) is 0 Å². The van der Waals surface area contributed by atoms with Crippen LogP contribution in [0.4, 0.5) is 0 Å². The predicted molar refractivity (Wildman–Crippen MR) is 271 cm³/mol. The molecule has 0 saturated carbocycles. The molecule has 0 saturated heterocycles. The van der Waals surface area contributed by atoms with Crippen LogP contribution in [-0.2, 0) is 76.7 Å². The second kappa shape index (κ2) is 85.7. The molecule has 0 unspecified atom stereocenters. The Kier molecular flexibility index (Phi) is 119. The second-order valence-corrected chi connectivity index (χ2v) is 17.5. The summed E-state index contributed by atoms with van der Waals surface area (Å²) in [7, 11) is 11.9. The van der Waals surface area contributed by atoms with E-state index in [9.17, 15) is 112 Å². The van der Waals surface area contributed by atoms with Crippen molar-refractivity contribution in [3.05, 3.63) is 0 Å². The molecular weight excluding hydrogens is 1370 g/mol. The molecule has 500 valence electrons. The van der Waals surface area contributed by atoms with Crippen molar-refractivity contribution in [3.63, 3.8) is 0 Å². The Labute approximate surface area is 731 Å². The fourth-order valence-corrected chi connectivity index (χ4v) is 4.84. The van der Waals surface area contributed by atoms with Gasteiger partial charge in [0.25, 0.3) is 0 Å². The molecular formula is C46H77K2N8Na5O32. The van der Waals surface area contributed by atoms with Gasteiger partial charge in [-0.3, -0.25) is 72.6 Å². The molecule has 9 N–H and O–H groups in total. The molecule has 0 aliphatic heterocycles. The number of carbonyl (C=O) groups excluding carboxylic acids is 7. The van der Waals surface area contributed by atoms with Crippen LogP contribution in [0.25, 0.3) is 0 Å². The zero-order chi connectivity index (χ0) is 69.4. The van der Waals surface area contributed by atoms with Gasteiger partial charge in [0.05, 0.1) is 82.1 Å². The first-order valence-electron chi connectivity index (χ1n) is 24.0. The van der Waals surface area contributed by atoms with Gasteiger partial charge in [0.15, 0.2) is 0 Å². The van der Waals surface area contributed by atoms with E-state index in [2.05, 4.69) is 0 Å². The van der Waals surface area contributed by atoms with Crippen LogP contribution < -0.4 is 286 Å². The summed E-state index contributed by atoms with van der Waals surface area (Å²) in [6.07, 6.45) is 1.33. The van der Waals surface area contributed by atoms with E-state index in [0.717, 1.165) is 19.6 Å². The number of carboxylic acid groups (broad SMARTS) is 16. The number of hydrogen-bond acceptors (Lipinski definition) is 31. The van der Waals surface area contributed by atoms with Gasteiger partial charge in [-0.05, 0) is 95.2 Å². The molecule has 93 heavy (non-hydrogen) atoms. The van der Waals surface area contributed by atoms with Crippen LogP contribution >= 0.6 is 0 Å². The average molecular weight is 1450 g/mol. The molecule has 0 rings (SSSR count). The molecule has 0 spiro atoms. The fraction of sp³-hybridized carbons (Fsp3) is 0.652. The molecule has 0 aromatic rings. The summed E-state index contributed by atoms with van der Waals surface area (Å²) in [6.45, 7) is -1.65. The van der Waals surface area contributed by atoms with E-state index >= 15 is 0 Å². The molecule has 0 atom stereocenters. The van der Waals surface area contributed by atoms with Gasteiger partial charge in [-0.2, -0.15) is 0 Å². The predicted octanol–water partition coefficient (Wildman–Crippen LogP) is -35.3. The van der Waals surface area contributed by atoms with Crippen LogP contribution in [0.5, 0.6) is 0 Å². The smallest absolute Gasteiger partial charge is 0.550 e. The quantitative estimate of drug-likeness (QED) is 0.0259. The maximum atomic E-state index is 10.2. The van der Waals surface area contributed by atoms with Crippen LogP contribution in [0.2, 0.25) is 0 Å². The summed E-state index contributed by atoms with van der Waals surface area (Å²) in [4.78, 5) is 170. The van der Waals surface area contributed by atoms with Crippen LogP contribution in [0.1, 0.15) is 38.5 Å². The van der Waals surface area contributed by atoms with Gasteiger partial charge in [0, 0.05) is 64.2 Å². The molecule has 0 bridgehead atoms. The standard InChI is InChI=1S/C9H17NO4.C7H13NO4.6C5H9NO4.2K.5Na/c1-10(6-2-4-8(11)12)7-3-5-9(13)14;1-8(4-2-6(9)10)5-3-7(11)12;6*1-6(2-4(7)8)3-5(9)10;;;;;;;/h2-7H2,1H3,(H,11,12)(H,13,14);2-5H2,1H3,(H,9,10)(H,11,12);6*2-3H2,1H3,(H,7,8)(H,9,10);;;;;;;/q;;;;;;;;7*+1/p-7. The second-order valence-electron chi connectivity index (χ2n) is 17.5. The minimum absolute atomic E-state index is 0. The van der Waals surface area contributed by atoms with Gasteiger partial charge < -0.3 is 125 Å². The zero-order valence-electron chi connectivity index (χ0n) is 55.5. The van der Waals surface area contributed by atoms with Gasteiger partial charge >= 0.3 is 304 Å². The first kappa shape index (κ1) is 129. The third-order valence-corrected chi connectivity index (χ3v) is 8.09. The van der Waals surface area contributed by atoms with Gasteiger partial charge in [0.2, 0.25) is 0 Å². The molecule has 0 aromatic heterocycles. The molecule has 0 aromatic carbocycles. The average Bonchev–Trinajstić information content (AvgIpc) is 3.25. The molecule has 0 radical (unpaired) electrons. The Morgan fingerprint density at radius 3 is 0.548 bits per heavy atom. The normalized spacial score (nSPS) is 9.20. The Morgan fingerprint density at radius 1 is 0.215 bits per heavy atom. The molecule has 0 fully saturated rings. The number of nitrogens with zero attached hydrogens (tertiary/aromatic N) is 8. The summed E-state index contributed by atoms with van der Waals surface area (Å²) < 4.78 is 0. The fourth-order valence-electron chi connectivity index (χ4n) is 4.84. The molecule has 47 heteroatoms. The van der Waals surface area contributed by atoms with Crippen molar-refractivity contribution in [1.82, 2.24) is 39.2 Å². The van der Waals surface area contributed by atoms with Crippen molar-refractivity contribution < 1.29 is 409 Å². The van der Waals surface area contributed by atoms with Crippen molar-refractivity contribution >= 4 is 95.5 Å². The van der Waals surface area contributed by atoms with Crippen molar-refractivity contribution in [2.45, 2.75) is 38.5 Å². The number of carbonyl (C=O) groups is 16. The number of rotatable bonds is 38. The van der Waals surface area contributed by atoms with E-state index in [1.165, 1.54) is 52.1 Å². The summed E-state index contributed by atoms with van der Waals surface area (Å²) in [5.41, 5.74) is 0. The molecule has 0 heterocycles. The Morgan fingerprint density at radius 2 is 0.376 bits per heavy atom. The topological polar surface area (TPSA) is 643 Å². The van der Waals surface area contributed by atoms with Gasteiger partial charge in [-0.15, -0.1) is 0 Å². The summed E-state index contributed by atoms with van der Waals surface area (Å²) in [5.74, 6) is -17.5. The van der Waals surface area contributed by atoms with E-state index in [4.69, 9.17) is 46.0 Å². The first-order valence-corrected chi connectivity index (χ1v) is 24.0. The number of carboxylic acids is 16. The summed E-state index contributed by atoms with van der Waals surface area (Å²) in [6, 6.07) is 0. The van der Waals surface area contributed by atoms with E-state index in [0.29, 0.717) is 39.0 Å². The van der Waals surface area contributed by atoms with Crippen molar-refractivity contribution in [2.24, 2.45) is 0 Å². The van der Waals surface area contributed by atoms with Crippen LogP contribution in [0, 0.1) is 0 Å². The van der Waals surface area contributed by atoms with Gasteiger partial charge in [0.1, 0.15) is 0 Å². The minimum atomic E-state index is -1.30. The summed E-state index contributed by atoms with van der Waals surface area (Å²) in [5, 5.41) is 143. The van der Waals surface area contributed by atoms with E-state index in [-0.39, 0.29) is 342 Å². The number of aliphatic carboxylic acids is 16. The Hall–Kier alpha value is -0.527.